The van der Waals surface area contributed by atoms with Gasteiger partial charge in [0, 0.05) is 51.3 Å². The van der Waals surface area contributed by atoms with E-state index in [1.807, 2.05) is 61.2 Å². The summed E-state index contributed by atoms with van der Waals surface area (Å²) in [5, 5.41) is 14.2. The Morgan fingerprint density at radius 2 is 1.06 bits per heavy atom. The molecule has 1 spiro atoms. The molecule has 0 atom stereocenters. The van der Waals surface area contributed by atoms with Crippen LogP contribution in [0.2, 0.25) is 0 Å². The normalized spacial score (nSPS) is 13.5. The van der Waals surface area contributed by atoms with Gasteiger partial charge in [0.05, 0.1) is 68.1 Å². The highest BCUT2D eigenvalue weighted by molar-refractivity contribution is 6.11. The van der Waals surface area contributed by atoms with Crippen LogP contribution in [0.3, 0.4) is 0 Å². The summed E-state index contributed by atoms with van der Waals surface area (Å²) in [5.41, 5.74) is 11.6. The minimum absolute atomic E-state index is 0.620. The molecule has 250 valence electrons. The lowest BCUT2D eigenvalue weighted by Gasteiger charge is -2.40. The number of para-hydroxylation sites is 4. The molecule has 0 saturated carbocycles. The zero-order chi connectivity index (χ0) is 35.5. The summed E-state index contributed by atoms with van der Waals surface area (Å²) >= 11 is 0. The lowest BCUT2D eigenvalue weighted by molar-refractivity contribution is 0.433. The zero-order valence-electron chi connectivity index (χ0n) is 28.6. The third-order valence-electron chi connectivity index (χ3n) is 11.4. The van der Waals surface area contributed by atoms with Crippen molar-refractivity contribution in [2.24, 2.45) is 0 Å². The van der Waals surface area contributed by atoms with Crippen molar-refractivity contribution < 1.29 is 4.74 Å². The monoisotopic (exact) mass is 690 g/mol. The van der Waals surface area contributed by atoms with Gasteiger partial charge < -0.3 is 13.9 Å². The van der Waals surface area contributed by atoms with E-state index in [-0.39, 0.29) is 0 Å². The number of hydrogen-bond donors (Lipinski definition) is 0. The van der Waals surface area contributed by atoms with Crippen LogP contribution in [0.25, 0.3) is 66.4 Å². The molecule has 7 heteroatoms. The Hall–Kier alpha value is -7.56. The average Bonchev–Trinajstić information content (AvgIpc) is 3.85. The van der Waals surface area contributed by atoms with Crippen LogP contribution < -0.4 is 4.74 Å². The van der Waals surface area contributed by atoms with Gasteiger partial charge in [-0.15, -0.1) is 0 Å². The maximum Gasteiger partial charge on any atom is 0.156 e. The number of nitriles is 1. The smallest absolute Gasteiger partial charge is 0.156 e. The van der Waals surface area contributed by atoms with Gasteiger partial charge in [-0.05, 0) is 71.8 Å². The zero-order valence-corrected chi connectivity index (χ0v) is 28.6. The van der Waals surface area contributed by atoms with Crippen LogP contribution in [0.5, 0.6) is 11.5 Å². The minimum Gasteiger partial charge on any atom is -0.452 e. The summed E-state index contributed by atoms with van der Waals surface area (Å²) in [5.74, 6) is 1.50. The quantitative estimate of drug-likeness (QED) is 0.180. The number of hydrogen-bond acceptors (Lipinski definition) is 5. The highest BCUT2D eigenvalue weighted by atomic mass is 16.5. The second-order valence-electron chi connectivity index (χ2n) is 13.9. The maximum absolute atomic E-state index is 9.87. The number of aromatic nitrogens is 5. The topological polar surface area (TPSA) is 81.5 Å². The molecule has 0 bridgehead atoms. The first-order valence-corrected chi connectivity index (χ1v) is 17.9. The SMILES string of the molecule is N#Cc1ccc2c(c1)c1ccccc1n2-c1cccc2c1Oc1c(-n3c4ccccc4c4ccncc43)cccc1C21c2cccnc2-c2ncccc21. The molecular formula is C47H26N6O. The summed E-state index contributed by atoms with van der Waals surface area (Å²) in [6.07, 6.45) is 7.49. The molecule has 2 aliphatic rings. The first-order chi connectivity index (χ1) is 26.8. The van der Waals surface area contributed by atoms with E-state index in [4.69, 9.17) is 14.7 Å². The van der Waals surface area contributed by atoms with Crippen LogP contribution in [0.1, 0.15) is 27.8 Å². The summed E-state index contributed by atoms with van der Waals surface area (Å²) in [4.78, 5) is 14.5. The number of pyridine rings is 3. The molecule has 12 rings (SSSR count). The Kier molecular flexibility index (Phi) is 5.65. The molecule has 0 amide bonds. The molecule has 0 unspecified atom stereocenters. The number of ether oxygens (including phenoxy) is 1. The van der Waals surface area contributed by atoms with E-state index in [0.717, 1.165) is 100 Å². The fourth-order valence-corrected chi connectivity index (χ4v) is 9.35. The second kappa shape index (κ2) is 10.5. The number of benzene rings is 5. The molecule has 0 saturated heterocycles. The van der Waals surface area contributed by atoms with E-state index in [9.17, 15) is 5.26 Å². The number of rotatable bonds is 2. The molecule has 1 aliphatic heterocycles. The molecule has 5 aromatic carbocycles. The van der Waals surface area contributed by atoms with E-state index < -0.39 is 5.41 Å². The van der Waals surface area contributed by atoms with Gasteiger partial charge in [-0.25, -0.2) is 0 Å². The van der Waals surface area contributed by atoms with Crippen LogP contribution in [0.4, 0.5) is 0 Å². The molecule has 0 N–H and O–H groups in total. The Bertz CT molecular complexity index is 3190. The Morgan fingerprint density at radius 3 is 1.70 bits per heavy atom. The summed E-state index contributed by atoms with van der Waals surface area (Å²) < 4.78 is 12.0. The molecular weight excluding hydrogens is 665 g/mol. The van der Waals surface area contributed by atoms with Crippen molar-refractivity contribution in [3.8, 4) is 40.3 Å². The van der Waals surface area contributed by atoms with Crippen LogP contribution in [-0.2, 0) is 5.41 Å². The van der Waals surface area contributed by atoms with Crippen LogP contribution in [-0.4, -0.2) is 24.1 Å². The molecule has 7 nitrogen and oxygen atoms in total. The van der Waals surface area contributed by atoms with Gasteiger partial charge in [-0.3, -0.25) is 15.0 Å². The van der Waals surface area contributed by atoms with Crippen molar-refractivity contribution in [1.29, 1.82) is 5.26 Å². The minimum atomic E-state index is -0.800. The van der Waals surface area contributed by atoms with E-state index in [1.165, 1.54) is 0 Å². The van der Waals surface area contributed by atoms with Crippen molar-refractivity contribution in [2.45, 2.75) is 5.41 Å². The highest BCUT2D eigenvalue weighted by Crippen LogP contribution is 2.63. The first kappa shape index (κ1) is 29.1. The molecule has 6 heterocycles. The van der Waals surface area contributed by atoms with Crippen LogP contribution >= 0.6 is 0 Å². The molecule has 54 heavy (non-hydrogen) atoms. The lowest BCUT2D eigenvalue weighted by Crippen LogP contribution is -2.33. The van der Waals surface area contributed by atoms with Gasteiger partial charge >= 0.3 is 0 Å². The van der Waals surface area contributed by atoms with Gasteiger partial charge in [0.2, 0.25) is 0 Å². The molecule has 0 radical (unpaired) electrons. The Morgan fingerprint density at radius 1 is 0.500 bits per heavy atom. The van der Waals surface area contributed by atoms with E-state index >= 15 is 0 Å². The lowest BCUT2D eigenvalue weighted by atomic mass is 9.66. The third kappa shape index (κ3) is 3.52. The van der Waals surface area contributed by atoms with Crippen molar-refractivity contribution in [3.63, 3.8) is 0 Å². The average molecular weight is 691 g/mol. The summed E-state index contributed by atoms with van der Waals surface area (Å²) in [7, 11) is 0. The third-order valence-corrected chi connectivity index (χ3v) is 11.4. The van der Waals surface area contributed by atoms with Crippen molar-refractivity contribution >= 4 is 43.6 Å². The highest BCUT2D eigenvalue weighted by Gasteiger charge is 2.53. The van der Waals surface area contributed by atoms with E-state index in [2.05, 4.69) is 117 Å². The summed E-state index contributed by atoms with van der Waals surface area (Å²) in [6, 6.07) is 48.6. The van der Waals surface area contributed by atoms with Crippen LogP contribution in [0.15, 0.2) is 158 Å². The molecule has 5 aromatic heterocycles. The van der Waals surface area contributed by atoms with Crippen molar-refractivity contribution in [1.82, 2.24) is 24.1 Å². The van der Waals surface area contributed by atoms with Gasteiger partial charge in [0.15, 0.2) is 11.5 Å². The van der Waals surface area contributed by atoms with Crippen molar-refractivity contribution in [3.05, 3.63) is 186 Å². The predicted molar refractivity (Wildman–Crippen MR) is 211 cm³/mol. The van der Waals surface area contributed by atoms with Gasteiger partial charge in [-0.2, -0.15) is 5.26 Å². The number of fused-ring (bicyclic) bond motifs is 15. The predicted octanol–water partition coefficient (Wildman–Crippen LogP) is 10.4. The Balaban J connectivity index is 1.25. The largest absolute Gasteiger partial charge is 0.452 e. The van der Waals surface area contributed by atoms with E-state index in [1.54, 1.807) is 0 Å². The second-order valence-corrected chi connectivity index (χ2v) is 13.9. The number of nitrogens with zero attached hydrogens (tertiary/aromatic N) is 6. The van der Waals surface area contributed by atoms with Crippen molar-refractivity contribution in [2.75, 3.05) is 0 Å². The molecule has 10 aromatic rings. The van der Waals surface area contributed by atoms with Crippen LogP contribution in [0, 0.1) is 11.3 Å². The van der Waals surface area contributed by atoms with E-state index in [0.29, 0.717) is 5.56 Å². The molecule has 0 fully saturated rings. The fraction of sp³-hybridized carbons (Fsp3) is 0.0213. The molecule has 1 aliphatic carbocycles. The van der Waals surface area contributed by atoms with Gasteiger partial charge in [0.1, 0.15) is 0 Å². The maximum atomic E-state index is 9.87. The standard InChI is InChI=1S/C47H26N6O/c48-26-28-19-20-39-32(25-28)30-10-2-4-16-38(30)52(39)40-17-5-11-35-45(40)54-46-36(47(35)33-13-7-22-50-43(33)44-34(47)14-8-23-51-44)12-6-18-41(46)53-37-15-3-1-9-29(37)31-21-24-49-27-42(31)53/h1-25,27H. The van der Waals surface area contributed by atoms with Gasteiger partial charge in [-0.1, -0.05) is 72.8 Å². The van der Waals surface area contributed by atoms with Gasteiger partial charge in [0.25, 0.3) is 0 Å². The summed E-state index contributed by atoms with van der Waals surface area (Å²) in [6.45, 7) is 0. The first-order valence-electron chi connectivity index (χ1n) is 17.9. The Labute approximate surface area is 308 Å². The fourth-order valence-electron chi connectivity index (χ4n) is 9.35.